The monoisotopic (exact) mass is 590 g/mol. The Labute approximate surface area is 203 Å². The maximum Gasteiger partial charge on any atom is -1.00 e. The van der Waals surface area contributed by atoms with Crippen molar-refractivity contribution in [2.24, 2.45) is 7.05 Å². The summed E-state index contributed by atoms with van der Waals surface area (Å²) < 4.78 is 10.8. The van der Waals surface area contributed by atoms with Gasteiger partial charge in [-0.15, -0.1) is 0 Å². The second-order valence-electron chi connectivity index (χ2n) is 8.26. The molecule has 0 radical (unpaired) electrons. The van der Waals surface area contributed by atoms with Crippen molar-refractivity contribution in [1.82, 2.24) is 0 Å². The molecule has 2 aliphatic heterocycles. The topological polar surface area (TPSA) is 37.3 Å². The van der Waals surface area contributed by atoms with Crippen molar-refractivity contribution in [3.05, 3.63) is 68.1 Å². The minimum atomic E-state index is -0.242. The number of hydrogen-bond donors (Lipinski definition) is 0. The molecule has 0 bridgehead atoms. The van der Waals surface area contributed by atoms with Gasteiger partial charge in [-0.1, -0.05) is 0 Å². The van der Waals surface area contributed by atoms with Crippen LogP contribution >= 0.6 is 0 Å². The maximum absolute atomic E-state index is 12.8. The predicted molar refractivity (Wildman–Crippen MR) is 122 cm³/mol. The van der Waals surface area contributed by atoms with Gasteiger partial charge in [-0.05, 0) is 0 Å². The summed E-state index contributed by atoms with van der Waals surface area (Å²) >= 11 is 0.256. The molecule has 2 aliphatic rings. The van der Waals surface area contributed by atoms with Gasteiger partial charge in [-0.3, -0.25) is 0 Å². The third-order valence-corrected chi connectivity index (χ3v) is 8.90. The Morgan fingerprint density at radius 2 is 1.90 bits per heavy atom. The van der Waals surface area contributed by atoms with Crippen molar-refractivity contribution in [2.75, 3.05) is 18.0 Å². The third kappa shape index (κ3) is 3.49. The number of nitrogens with zero attached hydrogens (tertiary/aromatic N) is 2. The van der Waals surface area contributed by atoms with Crippen molar-refractivity contribution in [3.8, 4) is 0 Å². The first kappa shape index (κ1) is 21.0. The number of anilines is 1. The van der Waals surface area contributed by atoms with Gasteiger partial charge in [0.15, 0.2) is 0 Å². The van der Waals surface area contributed by atoms with E-state index in [0.29, 0.717) is 5.56 Å². The molecule has 31 heavy (non-hydrogen) atoms. The Balaban J connectivity index is 0.00000204. The van der Waals surface area contributed by atoms with Crippen LogP contribution in [0.2, 0.25) is 0 Å². The van der Waals surface area contributed by atoms with Gasteiger partial charge in [0.1, 0.15) is 0 Å². The Morgan fingerprint density at radius 1 is 1.10 bits per heavy atom. The molecule has 158 valence electrons. The Kier molecular flexibility index (Phi) is 5.57. The van der Waals surface area contributed by atoms with Crippen LogP contribution in [-0.2, 0) is 19.9 Å². The van der Waals surface area contributed by atoms with Gasteiger partial charge in [0.05, 0.1) is 0 Å². The minimum Gasteiger partial charge on any atom is -1.00 e. The molecule has 4 aromatic rings. The van der Waals surface area contributed by atoms with Crippen LogP contribution in [0, 0.1) is 0 Å². The number of hydrogen-bond acceptors (Lipinski definition) is 3. The van der Waals surface area contributed by atoms with Crippen molar-refractivity contribution in [2.45, 2.75) is 25.7 Å². The van der Waals surface area contributed by atoms with E-state index in [1.807, 2.05) is 12.1 Å². The summed E-state index contributed by atoms with van der Waals surface area (Å²) in [6, 6.07) is 12.8. The Hall–Kier alpha value is -1.89. The van der Waals surface area contributed by atoms with E-state index in [0.717, 1.165) is 43.3 Å². The first-order chi connectivity index (χ1) is 14.7. The minimum absolute atomic E-state index is 0. The van der Waals surface area contributed by atoms with Gasteiger partial charge < -0.3 is 24.0 Å². The van der Waals surface area contributed by atoms with Crippen molar-refractivity contribution in [3.63, 3.8) is 0 Å². The average molecular weight is 589 g/mol. The van der Waals surface area contributed by atoms with Crippen molar-refractivity contribution < 1.29 is 33.0 Å². The van der Waals surface area contributed by atoms with E-state index in [4.69, 9.17) is 4.42 Å². The van der Waals surface area contributed by atoms with E-state index in [-0.39, 0.29) is 44.1 Å². The first-order valence-corrected chi connectivity index (χ1v) is 12.3. The van der Waals surface area contributed by atoms with E-state index in [9.17, 15) is 4.79 Å². The van der Waals surface area contributed by atoms with Gasteiger partial charge in [-0.25, -0.2) is 0 Å². The number of aromatic nitrogens is 1. The van der Waals surface area contributed by atoms with Crippen LogP contribution in [0.1, 0.15) is 34.1 Å². The smallest absolute Gasteiger partial charge is 1.00 e. The number of fused-ring (bicyclic) bond motifs is 3. The van der Waals surface area contributed by atoms with E-state index in [1.165, 1.54) is 37.6 Å². The molecule has 0 atom stereocenters. The second-order valence-corrected chi connectivity index (χ2v) is 10.5. The molecular weight excluding hydrogens is 566 g/mol. The third-order valence-electron chi connectivity index (χ3n) is 6.42. The van der Waals surface area contributed by atoms with Crippen LogP contribution in [-0.4, -0.2) is 27.6 Å². The predicted octanol–water partition coefficient (Wildman–Crippen LogP) is 0.701. The molecule has 2 aromatic heterocycles. The van der Waals surface area contributed by atoms with Gasteiger partial charge in [0.2, 0.25) is 0 Å². The van der Waals surface area contributed by atoms with Crippen molar-refractivity contribution >= 4 is 53.1 Å². The molecule has 0 amide bonds. The maximum atomic E-state index is 12.8. The summed E-state index contributed by atoms with van der Waals surface area (Å²) in [6.45, 7) is 2.24. The number of para-hydroxylation sites is 1. The van der Waals surface area contributed by atoms with Crippen LogP contribution < -0.4 is 39.1 Å². The summed E-state index contributed by atoms with van der Waals surface area (Å²) in [4.78, 5) is 15.3. The zero-order chi connectivity index (χ0) is 20.2. The fourth-order valence-electron chi connectivity index (χ4n) is 5.01. The summed E-state index contributed by atoms with van der Waals surface area (Å²) in [5.74, 6) is 0. The van der Waals surface area contributed by atoms with Gasteiger partial charge in [-0.2, -0.15) is 0 Å². The summed E-state index contributed by atoms with van der Waals surface area (Å²) in [5.41, 5.74) is 6.44. The summed E-state index contributed by atoms with van der Waals surface area (Å²) in [6.07, 6.45) is 8.46. The molecule has 0 spiro atoms. The van der Waals surface area contributed by atoms with Crippen LogP contribution in [0.25, 0.3) is 32.9 Å². The first-order valence-electron chi connectivity index (χ1n) is 10.6. The molecule has 4 heterocycles. The van der Waals surface area contributed by atoms with E-state index < -0.39 is 0 Å². The molecule has 0 saturated carbocycles. The van der Waals surface area contributed by atoms with Gasteiger partial charge >= 0.3 is 181 Å². The average Bonchev–Trinajstić information content (AvgIpc) is 3.09. The van der Waals surface area contributed by atoms with Gasteiger partial charge in [0.25, 0.3) is 0 Å². The molecule has 6 heteroatoms. The summed E-state index contributed by atoms with van der Waals surface area (Å²) in [7, 11) is 2.10. The van der Waals surface area contributed by atoms with E-state index in [1.54, 1.807) is 0 Å². The molecule has 0 N–H and O–H groups in total. The Morgan fingerprint density at radius 3 is 2.74 bits per heavy atom. The van der Waals surface area contributed by atoms with E-state index >= 15 is 0 Å². The van der Waals surface area contributed by atoms with Gasteiger partial charge in [0, 0.05) is 0 Å². The zero-order valence-electron chi connectivity index (χ0n) is 17.4. The number of benzene rings is 2. The molecular formula is C25H23IN2O2Se. The number of aryl methyl sites for hydroxylation is 3. The molecule has 2 aromatic carbocycles. The van der Waals surface area contributed by atoms with Crippen LogP contribution in [0.4, 0.5) is 5.69 Å². The molecule has 0 aliphatic carbocycles. The fourth-order valence-corrected chi connectivity index (χ4v) is 7.21. The molecule has 0 fully saturated rings. The largest absolute Gasteiger partial charge is 1.00 e. The molecule has 6 rings (SSSR count). The molecule has 4 nitrogen and oxygen atoms in total. The molecule has 0 unspecified atom stereocenters. The van der Waals surface area contributed by atoms with Crippen LogP contribution in [0.5, 0.6) is 0 Å². The van der Waals surface area contributed by atoms with Crippen LogP contribution in [0.3, 0.4) is 0 Å². The second kappa shape index (κ2) is 8.23. The van der Waals surface area contributed by atoms with Crippen molar-refractivity contribution in [1.29, 1.82) is 0 Å². The summed E-state index contributed by atoms with van der Waals surface area (Å²) in [5, 5.41) is 1.06. The quantitative estimate of drug-likeness (QED) is 0.150. The van der Waals surface area contributed by atoms with Crippen LogP contribution in [0.15, 0.2) is 45.6 Å². The molecule has 0 saturated heterocycles. The standard InChI is InChI=1S/C25H23N2O2Se.HI/c1-26-20-8-2-3-9-21(20)30-22(26)11-10-17-15-18-14-16-6-4-12-27-13-5-7-19(23(16)27)24(18)29-25(17)28;/h2-3,8-11,14-15H,4-7,12-13H2,1H3;1H/q+1;/p-1. The number of rotatable bonds is 2. The number of halogens is 1. The normalized spacial score (nSPS) is 15.5. The fraction of sp³-hybridized carbons (Fsp3) is 0.280. The SMILES string of the molecule is C[n+]1c(/C=C/c2cc3cc4c5c(c3oc2=O)CCCN5CCC4)[se]c2ccccc21.[I-]. The van der Waals surface area contributed by atoms with E-state index in [2.05, 4.69) is 52.9 Å². The zero-order valence-corrected chi connectivity index (χ0v) is 21.2. The Bertz CT molecular complexity index is 1400.